The Kier molecular flexibility index (Phi) is 6.40. The molecule has 1 aliphatic heterocycles. The molecule has 10 heteroatoms. The second kappa shape index (κ2) is 9.11. The fraction of sp³-hybridized carbons (Fsp3) is 0.435. The van der Waals surface area contributed by atoms with Crippen LogP contribution in [0.3, 0.4) is 0 Å². The number of carbonyl (C=O) groups excluding carboxylic acids is 1. The van der Waals surface area contributed by atoms with Crippen LogP contribution in [0.2, 0.25) is 0 Å². The van der Waals surface area contributed by atoms with Crippen LogP contribution in [0.25, 0.3) is 11.0 Å². The molecule has 1 aromatic carbocycles. The molecule has 0 atom stereocenters. The monoisotopic (exact) mass is 470 g/mol. The maximum atomic E-state index is 13.4. The fourth-order valence-corrected chi connectivity index (χ4v) is 4.99. The van der Waals surface area contributed by atoms with E-state index in [9.17, 15) is 13.2 Å². The smallest absolute Gasteiger partial charge is 0.257 e. The van der Waals surface area contributed by atoms with Crippen molar-refractivity contribution in [1.82, 2.24) is 19.1 Å². The number of carbonyl (C=O) groups is 1. The van der Waals surface area contributed by atoms with Crippen molar-refractivity contribution in [3.05, 3.63) is 42.2 Å². The number of benzene rings is 1. The third-order valence-electron chi connectivity index (χ3n) is 5.87. The Balaban J connectivity index is 1.70. The number of rotatable bonds is 6. The molecule has 3 heterocycles. The first-order chi connectivity index (χ1) is 15.7. The van der Waals surface area contributed by atoms with Crippen molar-refractivity contribution in [3.8, 4) is 0 Å². The van der Waals surface area contributed by atoms with Gasteiger partial charge in [0, 0.05) is 44.3 Å². The summed E-state index contributed by atoms with van der Waals surface area (Å²) in [5, 5.41) is 8.09. The molecule has 1 fully saturated rings. The summed E-state index contributed by atoms with van der Waals surface area (Å²) in [4.78, 5) is 20.1. The lowest BCUT2D eigenvalue weighted by atomic mass is 10.1. The third-order valence-corrected chi connectivity index (χ3v) is 7.68. The van der Waals surface area contributed by atoms with Crippen molar-refractivity contribution in [2.45, 2.75) is 44.0 Å². The van der Waals surface area contributed by atoms with Crippen molar-refractivity contribution in [3.63, 3.8) is 0 Å². The van der Waals surface area contributed by atoms with Gasteiger partial charge in [0.15, 0.2) is 5.65 Å². The third kappa shape index (κ3) is 4.58. The van der Waals surface area contributed by atoms with E-state index in [0.29, 0.717) is 11.3 Å². The first-order valence-electron chi connectivity index (χ1n) is 11.1. The van der Waals surface area contributed by atoms with Crippen molar-refractivity contribution in [1.29, 1.82) is 0 Å². The molecule has 4 rings (SSSR count). The normalized spacial score (nSPS) is 14.9. The van der Waals surface area contributed by atoms with E-state index in [-0.39, 0.29) is 16.8 Å². The van der Waals surface area contributed by atoms with E-state index in [1.54, 1.807) is 24.5 Å². The van der Waals surface area contributed by atoms with Crippen LogP contribution in [0, 0.1) is 0 Å². The lowest BCUT2D eigenvalue weighted by Crippen LogP contribution is -2.32. The Labute approximate surface area is 194 Å². The van der Waals surface area contributed by atoms with Gasteiger partial charge in [-0.1, -0.05) is 0 Å². The summed E-state index contributed by atoms with van der Waals surface area (Å²) in [7, 11) is -0.720. The second-order valence-corrected chi connectivity index (χ2v) is 10.9. The molecule has 1 N–H and O–H groups in total. The molecule has 0 spiro atoms. The van der Waals surface area contributed by atoms with Gasteiger partial charge in [0.25, 0.3) is 5.91 Å². The van der Waals surface area contributed by atoms with E-state index in [1.807, 2.05) is 24.6 Å². The van der Waals surface area contributed by atoms with E-state index in [2.05, 4.69) is 20.3 Å². The Morgan fingerprint density at radius 2 is 1.82 bits per heavy atom. The molecule has 3 aromatic rings. The van der Waals surface area contributed by atoms with Gasteiger partial charge in [0.05, 0.1) is 28.5 Å². The molecule has 9 nitrogen and oxygen atoms in total. The van der Waals surface area contributed by atoms with Crippen LogP contribution in [-0.2, 0) is 10.0 Å². The van der Waals surface area contributed by atoms with Crippen LogP contribution in [0.1, 0.15) is 49.5 Å². The van der Waals surface area contributed by atoms with Crippen molar-refractivity contribution >= 4 is 38.3 Å². The minimum Gasteiger partial charge on any atom is -0.371 e. The van der Waals surface area contributed by atoms with Gasteiger partial charge in [-0.3, -0.25) is 4.79 Å². The molecule has 0 unspecified atom stereocenters. The number of nitrogens with one attached hydrogen (secondary N) is 1. The maximum Gasteiger partial charge on any atom is 0.257 e. The molecule has 0 aliphatic carbocycles. The van der Waals surface area contributed by atoms with Crippen molar-refractivity contribution < 1.29 is 13.2 Å². The van der Waals surface area contributed by atoms with Gasteiger partial charge < -0.3 is 10.2 Å². The zero-order chi connectivity index (χ0) is 23.8. The molecule has 2 aromatic heterocycles. The Bertz CT molecular complexity index is 1280. The van der Waals surface area contributed by atoms with Gasteiger partial charge in [-0.2, -0.15) is 5.10 Å². The first-order valence-corrected chi connectivity index (χ1v) is 12.6. The van der Waals surface area contributed by atoms with E-state index in [1.165, 1.54) is 20.2 Å². The van der Waals surface area contributed by atoms with Crippen LogP contribution in [0.5, 0.6) is 0 Å². The summed E-state index contributed by atoms with van der Waals surface area (Å²) < 4.78 is 28.4. The van der Waals surface area contributed by atoms with Gasteiger partial charge in [-0.25, -0.2) is 22.4 Å². The minimum absolute atomic E-state index is 0.0881. The summed E-state index contributed by atoms with van der Waals surface area (Å²) in [6, 6.07) is 6.78. The second-order valence-electron chi connectivity index (χ2n) is 8.79. The molecule has 0 radical (unpaired) electrons. The Hall–Kier alpha value is -2.98. The van der Waals surface area contributed by atoms with Gasteiger partial charge >= 0.3 is 0 Å². The highest BCUT2D eigenvalue weighted by Crippen LogP contribution is 2.29. The number of amides is 1. The standard InChI is InChI=1S/C23H30N6O3S/c1-16(2)29-22-17(14-25-29)12-18(15-24-22)26-23(30)20-13-19(33(31,32)27(3)4)8-9-21(20)28-10-6-5-7-11-28/h8-9,12-16H,5-7,10-11H2,1-4H3,(H,26,30). The van der Waals surface area contributed by atoms with E-state index in [4.69, 9.17) is 0 Å². The quantitative estimate of drug-likeness (QED) is 0.592. The SMILES string of the molecule is CC(C)n1ncc2cc(NC(=O)c3cc(S(=O)(=O)N(C)C)ccc3N3CCCCC3)cnc21. The van der Waals surface area contributed by atoms with Gasteiger partial charge in [0.2, 0.25) is 10.0 Å². The van der Waals surface area contributed by atoms with Gasteiger partial charge in [-0.05, 0) is 57.4 Å². The number of piperidine rings is 1. The lowest BCUT2D eigenvalue weighted by molar-refractivity contribution is 0.102. The topological polar surface area (TPSA) is 100 Å². The molecule has 1 aliphatic rings. The zero-order valence-corrected chi connectivity index (χ0v) is 20.3. The highest BCUT2D eigenvalue weighted by atomic mass is 32.2. The number of hydrogen-bond donors (Lipinski definition) is 1. The average molecular weight is 471 g/mol. The molecule has 176 valence electrons. The van der Waals surface area contributed by atoms with Crippen LogP contribution in [0.4, 0.5) is 11.4 Å². The fourth-order valence-electron chi connectivity index (χ4n) is 4.06. The van der Waals surface area contributed by atoms with E-state index in [0.717, 1.165) is 53.4 Å². The average Bonchev–Trinajstić information content (AvgIpc) is 3.22. The van der Waals surface area contributed by atoms with Crippen LogP contribution < -0.4 is 10.2 Å². The Morgan fingerprint density at radius 3 is 2.48 bits per heavy atom. The zero-order valence-electron chi connectivity index (χ0n) is 19.4. The summed E-state index contributed by atoms with van der Waals surface area (Å²) >= 11 is 0. The number of fused-ring (bicyclic) bond motifs is 1. The molecule has 1 saturated heterocycles. The lowest BCUT2D eigenvalue weighted by Gasteiger charge is -2.30. The van der Waals surface area contributed by atoms with Crippen molar-refractivity contribution in [2.75, 3.05) is 37.4 Å². The predicted octanol–water partition coefficient (Wildman–Crippen LogP) is 3.51. The van der Waals surface area contributed by atoms with Crippen molar-refractivity contribution in [2.24, 2.45) is 0 Å². The molecular weight excluding hydrogens is 440 g/mol. The highest BCUT2D eigenvalue weighted by Gasteiger charge is 2.24. The molecule has 1 amide bonds. The van der Waals surface area contributed by atoms with Crippen LogP contribution in [-0.4, -0.2) is 60.6 Å². The molecule has 0 bridgehead atoms. The van der Waals surface area contributed by atoms with Gasteiger partial charge in [0.1, 0.15) is 0 Å². The maximum absolute atomic E-state index is 13.4. The summed E-state index contributed by atoms with van der Waals surface area (Å²) in [6.07, 6.45) is 6.56. The van der Waals surface area contributed by atoms with Crippen LogP contribution >= 0.6 is 0 Å². The summed E-state index contributed by atoms with van der Waals surface area (Å²) in [5.41, 5.74) is 2.35. The Morgan fingerprint density at radius 1 is 1.09 bits per heavy atom. The minimum atomic E-state index is -3.68. The van der Waals surface area contributed by atoms with Gasteiger partial charge in [-0.15, -0.1) is 0 Å². The number of sulfonamides is 1. The summed E-state index contributed by atoms with van der Waals surface area (Å²) in [5.74, 6) is -0.371. The van der Waals surface area contributed by atoms with E-state index >= 15 is 0 Å². The predicted molar refractivity (Wildman–Crippen MR) is 129 cm³/mol. The number of pyridine rings is 1. The largest absolute Gasteiger partial charge is 0.371 e. The molecule has 0 saturated carbocycles. The molecular formula is C23H30N6O3S. The van der Waals surface area contributed by atoms with Crippen LogP contribution in [0.15, 0.2) is 41.6 Å². The number of hydrogen-bond acceptors (Lipinski definition) is 6. The number of anilines is 2. The summed E-state index contributed by atoms with van der Waals surface area (Å²) in [6.45, 7) is 5.73. The van der Waals surface area contributed by atoms with E-state index < -0.39 is 10.0 Å². The number of nitrogens with zero attached hydrogens (tertiary/aromatic N) is 5. The highest BCUT2D eigenvalue weighted by molar-refractivity contribution is 7.89. The number of aromatic nitrogens is 3. The first kappa shape index (κ1) is 23.2. The molecule has 33 heavy (non-hydrogen) atoms.